The van der Waals surface area contributed by atoms with Gasteiger partial charge in [0.15, 0.2) is 5.78 Å². The van der Waals surface area contributed by atoms with E-state index in [1.54, 1.807) is 31.2 Å². The monoisotopic (exact) mass is 371 g/mol. The Balaban J connectivity index is 1.73. The van der Waals surface area contributed by atoms with Gasteiger partial charge in [-0.3, -0.25) is 4.79 Å². The number of amides is 1. The average molecular weight is 371 g/mol. The molecule has 0 heterocycles. The van der Waals surface area contributed by atoms with Gasteiger partial charge in [0.05, 0.1) is 6.10 Å². The molecular weight excluding hydrogens is 346 g/mol. The van der Waals surface area contributed by atoms with E-state index >= 15 is 0 Å². The van der Waals surface area contributed by atoms with Gasteiger partial charge in [-0.1, -0.05) is 61.5 Å². The van der Waals surface area contributed by atoms with Crippen LogP contribution < -0.4 is 5.32 Å². The van der Waals surface area contributed by atoms with Gasteiger partial charge in [0, 0.05) is 18.5 Å². The van der Waals surface area contributed by atoms with Crippen LogP contribution in [0.25, 0.3) is 0 Å². The number of Topliss-reactive ketones (excluding diaryl/α,β-unsaturated/α-hetero) is 1. The maximum absolute atomic E-state index is 11.7. The summed E-state index contributed by atoms with van der Waals surface area (Å²) in [7, 11) is 0. The lowest BCUT2D eigenvalue weighted by molar-refractivity contribution is 0.0136. The van der Waals surface area contributed by atoms with Crippen molar-refractivity contribution in [3.8, 4) is 0 Å². The fourth-order valence-electron chi connectivity index (χ4n) is 2.55. The third-order valence-corrected chi connectivity index (χ3v) is 4.18. The predicted molar refractivity (Wildman–Crippen MR) is 101 cm³/mol. The highest BCUT2D eigenvalue weighted by molar-refractivity contribution is 5.95. The van der Waals surface area contributed by atoms with Gasteiger partial charge >= 0.3 is 6.09 Å². The molecule has 27 heavy (non-hydrogen) atoms. The first-order valence-electron chi connectivity index (χ1n) is 8.95. The summed E-state index contributed by atoms with van der Waals surface area (Å²) < 4.78 is 5.08. The molecule has 2 atom stereocenters. The largest absolute Gasteiger partial charge is 0.445 e. The van der Waals surface area contributed by atoms with Crippen molar-refractivity contribution in [1.29, 1.82) is 0 Å². The molecule has 2 aromatic carbocycles. The van der Waals surface area contributed by atoms with E-state index in [-0.39, 0.29) is 25.4 Å². The van der Waals surface area contributed by atoms with Crippen molar-refractivity contribution in [2.75, 3.05) is 6.54 Å². The van der Waals surface area contributed by atoms with E-state index in [4.69, 9.17) is 4.74 Å². The highest BCUT2D eigenvalue weighted by Crippen LogP contribution is 2.19. The SMILES string of the molecule is CCC(=O)c1ccc(C(O)C(O)CCNC(=O)OCc2ccccc2)cc1. The van der Waals surface area contributed by atoms with Crippen LogP contribution in [-0.2, 0) is 11.3 Å². The van der Waals surface area contributed by atoms with Crippen molar-refractivity contribution in [1.82, 2.24) is 5.32 Å². The van der Waals surface area contributed by atoms with Gasteiger partial charge in [-0.05, 0) is 17.5 Å². The molecule has 6 heteroatoms. The molecule has 0 aliphatic carbocycles. The molecule has 3 N–H and O–H groups in total. The number of rotatable bonds is 9. The van der Waals surface area contributed by atoms with Crippen LogP contribution in [0.5, 0.6) is 0 Å². The highest BCUT2D eigenvalue weighted by atomic mass is 16.5. The first-order chi connectivity index (χ1) is 13.0. The Morgan fingerprint density at radius 3 is 2.33 bits per heavy atom. The van der Waals surface area contributed by atoms with Crippen LogP contribution in [0, 0.1) is 0 Å². The Hall–Kier alpha value is -2.70. The number of carbonyl (C=O) groups excluding carboxylic acids is 2. The number of ether oxygens (including phenoxy) is 1. The summed E-state index contributed by atoms with van der Waals surface area (Å²) in [4.78, 5) is 23.3. The van der Waals surface area contributed by atoms with Crippen molar-refractivity contribution in [2.45, 2.75) is 38.6 Å². The van der Waals surface area contributed by atoms with E-state index in [9.17, 15) is 19.8 Å². The van der Waals surface area contributed by atoms with E-state index < -0.39 is 18.3 Å². The van der Waals surface area contributed by atoms with E-state index in [2.05, 4.69) is 5.32 Å². The first kappa shape index (κ1) is 20.6. The Kier molecular flexibility index (Phi) is 7.98. The van der Waals surface area contributed by atoms with E-state index in [1.807, 2.05) is 30.3 Å². The van der Waals surface area contributed by atoms with Crippen LogP contribution in [0.3, 0.4) is 0 Å². The molecule has 0 spiro atoms. The minimum absolute atomic E-state index is 0.0230. The second kappa shape index (κ2) is 10.4. The fraction of sp³-hybridized carbons (Fsp3) is 0.333. The lowest BCUT2D eigenvalue weighted by atomic mass is 9.99. The molecule has 2 unspecified atom stereocenters. The molecule has 2 aromatic rings. The topological polar surface area (TPSA) is 95.9 Å². The molecule has 0 aromatic heterocycles. The molecule has 0 aliphatic heterocycles. The van der Waals surface area contributed by atoms with E-state index in [0.717, 1.165) is 5.56 Å². The number of hydrogen-bond acceptors (Lipinski definition) is 5. The smallest absolute Gasteiger partial charge is 0.407 e. The van der Waals surface area contributed by atoms with Gasteiger partial charge in [-0.25, -0.2) is 4.79 Å². The molecule has 144 valence electrons. The Bertz CT molecular complexity index is 730. The Morgan fingerprint density at radius 1 is 1.04 bits per heavy atom. The number of carbonyl (C=O) groups is 2. The number of hydrogen-bond donors (Lipinski definition) is 3. The fourth-order valence-corrected chi connectivity index (χ4v) is 2.55. The number of alkyl carbamates (subject to hydrolysis) is 1. The highest BCUT2D eigenvalue weighted by Gasteiger charge is 2.19. The van der Waals surface area contributed by atoms with Crippen molar-refractivity contribution in [3.63, 3.8) is 0 Å². The zero-order chi connectivity index (χ0) is 19.6. The maximum atomic E-state index is 11.7. The number of nitrogens with one attached hydrogen (secondary N) is 1. The Labute approximate surface area is 158 Å². The van der Waals surface area contributed by atoms with Crippen molar-refractivity contribution < 1.29 is 24.5 Å². The summed E-state index contributed by atoms with van der Waals surface area (Å²) in [6.45, 7) is 2.12. The van der Waals surface area contributed by atoms with Crippen molar-refractivity contribution in [3.05, 3.63) is 71.3 Å². The van der Waals surface area contributed by atoms with Crippen LogP contribution in [0.1, 0.15) is 47.4 Å². The summed E-state index contributed by atoms with van der Waals surface area (Å²) in [5, 5.41) is 22.9. The molecule has 6 nitrogen and oxygen atoms in total. The molecule has 0 saturated heterocycles. The molecule has 0 saturated carbocycles. The number of aliphatic hydroxyl groups excluding tert-OH is 2. The summed E-state index contributed by atoms with van der Waals surface area (Å²) in [6.07, 6.45) is -2.15. The molecule has 0 aliphatic rings. The lowest BCUT2D eigenvalue weighted by Crippen LogP contribution is -2.29. The molecule has 0 radical (unpaired) electrons. The normalized spacial score (nSPS) is 12.9. The molecule has 1 amide bonds. The van der Waals surface area contributed by atoms with Gasteiger partial charge in [0.2, 0.25) is 0 Å². The summed E-state index contributed by atoms with van der Waals surface area (Å²) >= 11 is 0. The van der Waals surface area contributed by atoms with E-state index in [0.29, 0.717) is 17.5 Å². The van der Waals surface area contributed by atoms with Crippen molar-refractivity contribution in [2.24, 2.45) is 0 Å². The molecular formula is C21H25NO5. The number of aliphatic hydroxyl groups is 2. The van der Waals surface area contributed by atoms with Crippen LogP contribution in [-0.4, -0.2) is 34.7 Å². The van der Waals surface area contributed by atoms with Gasteiger partial charge in [0.25, 0.3) is 0 Å². The third kappa shape index (κ3) is 6.51. The van der Waals surface area contributed by atoms with Crippen molar-refractivity contribution >= 4 is 11.9 Å². The minimum Gasteiger partial charge on any atom is -0.445 e. The zero-order valence-electron chi connectivity index (χ0n) is 15.3. The zero-order valence-corrected chi connectivity index (χ0v) is 15.3. The Morgan fingerprint density at radius 2 is 1.70 bits per heavy atom. The van der Waals surface area contributed by atoms with E-state index in [1.165, 1.54) is 0 Å². The summed E-state index contributed by atoms with van der Waals surface area (Å²) in [6, 6.07) is 15.8. The first-order valence-corrected chi connectivity index (χ1v) is 8.95. The lowest BCUT2D eigenvalue weighted by Gasteiger charge is -2.18. The standard InChI is InChI=1S/C21H25NO5/c1-2-18(23)16-8-10-17(11-9-16)20(25)19(24)12-13-22-21(26)27-14-15-6-4-3-5-7-15/h3-11,19-20,24-25H,2,12-14H2,1H3,(H,22,26). The molecule has 0 fully saturated rings. The van der Waals surface area contributed by atoms with Gasteiger partial charge < -0.3 is 20.3 Å². The molecule has 2 rings (SSSR count). The van der Waals surface area contributed by atoms with Crippen LogP contribution in [0.15, 0.2) is 54.6 Å². The predicted octanol–water partition coefficient (Wildman–Crippen LogP) is 2.99. The average Bonchev–Trinajstić information content (AvgIpc) is 2.72. The van der Waals surface area contributed by atoms with Crippen LogP contribution >= 0.6 is 0 Å². The molecule has 0 bridgehead atoms. The number of benzene rings is 2. The second-order valence-electron chi connectivity index (χ2n) is 6.19. The summed E-state index contributed by atoms with van der Waals surface area (Å²) in [5.41, 5.74) is 1.97. The third-order valence-electron chi connectivity index (χ3n) is 4.18. The van der Waals surface area contributed by atoms with Crippen LogP contribution in [0.2, 0.25) is 0 Å². The second-order valence-corrected chi connectivity index (χ2v) is 6.19. The maximum Gasteiger partial charge on any atom is 0.407 e. The van der Waals surface area contributed by atoms with Gasteiger partial charge in [0.1, 0.15) is 12.7 Å². The quantitative estimate of drug-likeness (QED) is 0.589. The summed E-state index contributed by atoms with van der Waals surface area (Å²) in [5.74, 6) is 0.0230. The number of ketones is 1. The van der Waals surface area contributed by atoms with Crippen LogP contribution in [0.4, 0.5) is 4.79 Å². The van der Waals surface area contributed by atoms with Gasteiger partial charge in [-0.15, -0.1) is 0 Å². The minimum atomic E-state index is -1.10. The van der Waals surface area contributed by atoms with Gasteiger partial charge in [-0.2, -0.15) is 0 Å².